The van der Waals surface area contributed by atoms with E-state index < -0.39 is 0 Å². The molecule has 1 heterocycles. The van der Waals surface area contributed by atoms with Crippen LogP contribution < -0.4 is 15.4 Å². The third kappa shape index (κ3) is 6.90. The third-order valence-corrected chi connectivity index (χ3v) is 3.75. The number of methoxy groups -OCH3 is 1. The van der Waals surface area contributed by atoms with Gasteiger partial charge in [0, 0.05) is 37.0 Å². The van der Waals surface area contributed by atoms with Crippen molar-refractivity contribution >= 4 is 17.6 Å². The van der Waals surface area contributed by atoms with Crippen molar-refractivity contribution in [2.75, 3.05) is 26.9 Å². The summed E-state index contributed by atoms with van der Waals surface area (Å²) in [7, 11) is 1.64. The summed E-state index contributed by atoms with van der Waals surface area (Å²) in [6.07, 6.45) is 1.71. The van der Waals surface area contributed by atoms with E-state index in [1.165, 1.54) is 0 Å². The van der Waals surface area contributed by atoms with Gasteiger partial charge in [-0.1, -0.05) is 29.8 Å². The second-order valence-corrected chi connectivity index (χ2v) is 5.92. The molecule has 0 atom stereocenters. The maximum Gasteiger partial charge on any atom is 0.218 e. The lowest BCUT2D eigenvalue weighted by Gasteiger charge is -2.14. The van der Waals surface area contributed by atoms with Crippen molar-refractivity contribution in [2.24, 2.45) is 4.99 Å². The zero-order valence-corrected chi connectivity index (χ0v) is 15.9. The van der Waals surface area contributed by atoms with Gasteiger partial charge in [0.2, 0.25) is 5.88 Å². The molecule has 0 bridgehead atoms. The summed E-state index contributed by atoms with van der Waals surface area (Å²) in [5, 5.41) is 7.27. The van der Waals surface area contributed by atoms with Gasteiger partial charge in [-0.15, -0.1) is 0 Å². The number of ether oxygens (including phenoxy) is 2. The van der Waals surface area contributed by atoms with Crippen molar-refractivity contribution in [2.45, 2.75) is 20.0 Å². The van der Waals surface area contributed by atoms with E-state index in [9.17, 15) is 0 Å². The smallest absolute Gasteiger partial charge is 0.218 e. The largest absolute Gasteiger partial charge is 0.475 e. The summed E-state index contributed by atoms with van der Waals surface area (Å²) in [5.74, 6) is 1.33. The number of benzene rings is 1. The number of rotatable bonds is 9. The van der Waals surface area contributed by atoms with Crippen molar-refractivity contribution in [1.29, 1.82) is 0 Å². The summed E-state index contributed by atoms with van der Waals surface area (Å²) in [5.41, 5.74) is 2.05. The van der Waals surface area contributed by atoms with E-state index in [-0.39, 0.29) is 0 Å². The SMILES string of the molecule is CCNC(=NCc1ccc(Cl)cc1)NCc1cccnc1OCCOC. The fourth-order valence-electron chi connectivity index (χ4n) is 2.19. The zero-order chi connectivity index (χ0) is 18.6. The summed E-state index contributed by atoms with van der Waals surface area (Å²) in [6.45, 7) is 4.92. The van der Waals surface area contributed by atoms with E-state index in [1.54, 1.807) is 13.3 Å². The van der Waals surface area contributed by atoms with Crippen LogP contribution in [0.4, 0.5) is 0 Å². The molecule has 2 rings (SSSR count). The Morgan fingerprint density at radius 1 is 1.15 bits per heavy atom. The Bertz CT molecular complexity index is 692. The molecule has 140 valence electrons. The highest BCUT2D eigenvalue weighted by molar-refractivity contribution is 6.30. The standard InChI is InChI=1S/C19H25ClN4O2/c1-3-21-19(23-13-15-6-8-17(20)9-7-15)24-14-16-5-4-10-22-18(16)26-12-11-25-2/h4-10H,3,11-14H2,1-2H3,(H2,21,23,24). The molecule has 0 amide bonds. The monoisotopic (exact) mass is 376 g/mol. The number of pyridine rings is 1. The van der Waals surface area contributed by atoms with Crippen LogP contribution in [0, 0.1) is 0 Å². The minimum absolute atomic E-state index is 0.464. The average Bonchev–Trinajstić information content (AvgIpc) is 2.66. The van der Waals surface area contributed by atoms with Crippen molar-refractivity contribution in [3.05, 3.63) is 58.7 Å². The molecule has 0 unspecified atom stereocenters. The molecule has 0 aliphatic heterocycles. The van der Waals surface area contributed by atoms with Crippen LogP contribution in [0.3, 0.4) is 0 Å². The molecular weight excluding hydrogens is 352 g/mol. The normalized spacial score (nSPS) is 11.3. The number of aliphatic imine (C=N–C) groups is 1. The van der Waals surface area contributed by atoms with Crippen molar-refractivity contribution < 1.29 is 9.47 Å². The lowest BCUT2D eigenvalue weighted by Crippen LogP contribution is -2.36. The van der Waals surface area contributed by atoms with Crippen LogP contribution in [0.5, 0.6) is 5.88 Å². The molecule has 0 aliphatic rings. The molecule has 2 aromatic rings. The van der Waals surface area contributed by atoms with E-state index >= 15 is 0 Å². The van der Waals surface area contributed by atoms with Gasteiger partial charge in [-0.2, -0.15) is 0 Å². The molecule has 0 radical (unpaired) electrons. The van der Waals surface area contributed by atoms with Crippen molar-refractivity contribution in [3.63, 3.8) is 0 Å². The third-order valence-electron chi connectivity index (χ3n) is 3.50. The number of hydrogen-bond donors (Lipinski definition) is 2. The number of hydrogen-bond acceptors (Lipinski definition) is 4. The lowest BCUT2D eigenvalue weighted by molar-refractivity contribution is 0.143. The maximum absolute atomic E-state index is 5.92. The van der Waals surface area contributed by atoms with Gasteiger partial charge in [-0.3, -0.25) is 0 Å². The quantitative estimate of drug-likeness (QED) is 0.400. The van der Waals surface area contributed by atoms with E-state index in [4.69, 9.17) is 21.1 Å². The van der Waals surface area contributed by atoms with Gasteiger partial charge in [0.05, 0.1) is 13.2 Å². The maximum atomic E-state index is 5.92. The first-order chi connectivity index (χ1) is 12.7. The van der Waals surface area contributed by atoms with Gasteiger partial charge in [-0.05, 0) is 30.7 Å². The Morgan fingerprint density at radius 3 is 2.69 bits per heavy atom. The topological polar surface area (TPSA) is 67.8 Å². The highest BCUT2D eigenvalue weighted by Crippen LogP contribution is 2.14. The predicted octanol–water partition coefficient (Wildman–Crippen LogP) is 3.02. The number of guanidine groups is 1. The first kappa shape index (κ1) is 20.0. The van der Waals surface area contributed by atoms with Crippen LogP contribution in [0.2, 0.25) is 5.02 Å². The average molecular weight is 377 g/mol. The predicted molar refractivity (Wildman–Crippen MR) is 105 cm³/mol. The molecular formula is C19H25ClN4O2. The Kier molecular flexibility index (Phi) is 8.72. The first-order valence-electron chi connectivity index (χ1n) is 8.55. The van der Waals surface area contributed by atoms with Crippen LogP contribution in [0.1, 0.15) is 18.1 Å². The van der Waals surface area contributed by atoms with E-state index in [0.717, 1.165) is 28.7 Å². The fourth-order valence-corrected chi connectivity index (χ4v) is 2.32. The molecule has 7 heteroatoms. The second kappa shape index (κ2) is 11.3. The highest BCUT2D eigenvalue weighted by Gasteiger charge is 2.06. The molecule has 0 spiro atoms. The Morgan fingerprint density at radius 2 is 1.96 bits per heavy atom. The van der Waals surface area contributed by atoms with Crippen LogP contribution in [-0.4, -0.2) is 37.8 Å². The van der Waals surface area contributed by atoms with Gasteiger partial charge in [0.15, 0.2) is 5.96 Å². The molecule has 26 heavy (non-hydrogen) atoms. The van der Waals surface area contributed by atoms with Gasteiger partial charge >= 0.3 is 0 Å². The second-order valence-electron chi connectivity index (χ2n) is 5.48. The van der Waals surface area contributed by atoms with E-state index in [1.807, 2.05) is 43.3 Å². The van der Waals surface area contributed by atoms with E-state index in [2.05, 4.69) is 20.6 Å². The zero-order valence-electron chi connectivity index (χ0n) is 15.2. The molecule has 0 saturated carbocycles. The first-order valence-corrected chi connectivity index (χ1v) is 8.93. The Hall–Kier alpha value is -2.31. The Balaban J connectivity index is 1.97. The molecule has 0 saturated heterocycles. The minimum Gasteiger partial charge on any atom is -0.475 e. The molecule has 1 aromatic carbocycles. The molecule has 6 nitrogen and oxygen atoms in total. The number of aromatic nitrogens is 1. The van der Waals surface area contributed by atoms with Gasteiger partial charge < -0.3 is 20.1 Å². The van der Waals surface area contributed by atoms with Crippen LogP contribution in [-0.2, 0) is 17.8 Å². The van der Waals surface area contributed by atoms with Crippen molar-refractivity contribution in [1.82, 2.24) is 15.6 Å². The summed E-state index contributed by atoms with van der Waals surface area (Å²) < 4.78 is 10.7. The number of nitrogens with zero attached hydrogens (tertiary/aromatic N) is 2. The van der Waals surface area contributed by atoms with Crippen LogP contribution >= 0.6 is 11.6 Å². The van der Waals surface area contributed by atoms with Crippen LogP contribution in [0.25, 0.3) is 0 Å². The van der Waals surface area contributed by atoms with Gasteiger partial charge in [0.1, 0.15) is 6.61 Å². The van der Waals surface area contributed by atoms with Crippen LogP contribution in [0.15, 0.2) is 47.6 Å². The molecule has 1 aromatic heterocycles. The summed E-state index contributed by atoms with van der Waals surface area (Å²) in [6, 6.07) is 11.5. The highest BCUT2D eigenvalue weighted by atomic mass is 35.5. The molecule has 0 fully saturated rings. The number of halogens is 1. The van der Waals surface area contributed by atoms with Gasteiger partial charge in [0.25, 0.3) is 0 Å². The molecule has 0 aliphatic carbocycles. The van der Waals surface area contributed by atoms with Crippen molar-refractivity contribution in [3.8, 4) is 5.88 Å². The van der Waals surface area contributed by atoms with E-state index in [0.29, 0.717) is 32.2 Å². The number of nitrogens with one attached hydrogen (secondary N) is 2. The van der Waals surface area contributed by atoms with Gasteiger partial charge in [-0.25, -0.2) is 9.98 Å². The lowest BCUT2D eigenvalue weighted by atomic mass is 10.2. The molecule has 2 N–H and O–H groups in total. The minimum atomic E-state index is 0.464. The fraction of sp³-hybridized carbons (Fsp3) is 0.368. The summed E-state index contributed by atoms with van der Waals surface area (Å²) >= 11 is 5.92. The summed E-state index contributed by atoms with van der Waals surface area (Å²) in [4.78, 5) is 8.89. The Labute approximate surface area is 159 Å².